The summed E-state index contributed by atoms with van der Waals surface area (Å²) in [5, 5.41) is 3.67. The number of hydrogen-bond acceptors (Lipinski definition) is 10. The van der Waals surface area contributed by atoms with E-state index in [9.17, 15) is 4.79 Å². The van der Waals surface area contributed by atoms with Gasteiger partial charge in [-0.2, -0.15) is 4.98 Å². The van der Waals surface area contributed by atoms with Gasteiger partial charge in [0.15, 0.2) is 17.1 Å². The molecule has 0 amide bonds. The SMILES string of the molecule is COc1cc(Nc2ncc3c(=O)n(-c4c(C)cccc4C)c4nc5ccccc5n4c3n2)cc(OCCN2CCN(C)CC2)c1OC. The van der Waals surface area contributed by atoms with Gasteiger partial charge in [0.25, 0.3) is 5.56 Å². The van der Waals surface area contributed by atoms with Crippen LogP contribution in [0.15, 0.2) is 65.6 Å². The predicted molar refractivity (Wildman–Crippen MR) is 183 cm³/mol. The fraction of sp³-hybridized carbons (Fsp3) is 0.314. The van der Waals surface area contributed by atoms with Gasteiger partial charge in [-0.15, -0.1) is 0 Å². The fourth-order valence-electron chi connectivity index (χ4n) is 6.29. The number of ether oxygens (including phenoxy) is 3. The van der Waals surface area contributed by atoms with Crippen LogP contribution in [0.2, 0.25) is 0 Å². The van der Waals surface area contributed by atoms with E-state index in [1.165, 1.54) is 0 Å². The van der Waals surface area contributed by atoms with Gasteiger partial charge in [0.05, 0.1) is 30.9 Å². The standard InChI is InChI=1S/C35H38N8O4/c1-22-9-8-10-23(2)30(22)43-33(44)25-21-36-34(39-32(25)42-27-12-7-6-11-26(27)38-35(42)43)37-24-19-28(45-4)31(46-5)29(20-24)47-18-17-41-15-13-40(3)14-16-41/h6-12,19-21H,13-18H2,1-5H3,(H,36,37,39). The first-order valence-corrected chi connectivity index (χ1v) is 15.7. The van der Waals surface area contributed by atoms with Crippen molar-refractivity contribution in [2.45, 2.75) is 13.8 Å². The molecule has 1 N–H and O–H groups in total. The number of likely N-dealkylation sites (N-methyl/N-ethyl adjacent to an activating group) is 1. The molecule has 1 fully saturated rings. The van der Waals surface area contributed by atoms with Gasteiger partial charge < -0.3 is 24.4 Å². The minimum Gasteiger partial charge on any atom is -0.493 e. The molecule has 1 aliphatic heterocycles. The molecule has 3 aromatic heterocycles. The number of methoxy groups -OCH3 is 2. The lowest BCUT2D eigenvalue weighted by atomic mass is 10.1. The van der Waals surface area contributed by atoms with Gasteiger partial charge in [0.2, 0.25) is 17.5 Å². The van der Waals surface area contributed by atoms with Crippen LogP contribution in [-0.4, -0.2) is 94.3 Å². The van der Waals surface area contributed by atoms with E-state index in [1.807, 2.05) is 66.8 Å². The lowest BCUT2D eigenvalue weighted by Gasteiger charge is -2.32. The summed E-state index contributed by atoms with van der Waals surface area (Å²) in [5.74, 6) is 2.34. The monoisotopic (exact) mass is 634 g/mol. The molecule has 0 atom stereocenters. The highest BCUT2D eigenvalue weighted by Gasteiger charge is 2.22. The van der Waals surface area contributed by atoms with Crippen molar-refractivity contribution in [3.05, 3.63) is 82.3 Å². The molecule has 3 aromatic carbocycles. The molecular formula is C35H38N8O4. The van der Waals surface area contributed by atoms with Crippen molar-refractivity contribution < 1.29 is 14.2 Å². The van der Waals surface area contributed by atoms with Crippen molar-refractivity contribution in [3.8, 4) is 22.9 Å². The zero-order valence-electron chi connectivity index (χ0n) is 27.3. The summed E-state index contributed by atoms with van der Waals surface area (Å²) >= 11 is 0. The van der Waals surface area contributed by atoms with E-state index in [0.717, 1.165) is 60.6 Å². The Bertz CT molecular complexity index is 2150. The number of imidazole rings is 1. The number of nitrogens with one attached hydrogen (secondary N) is 1. The molecule has 6 aromatic rings. The Morgan fingerprint density at radius 1 is 0.894 bits per heavy atom. The zero-order chi connectivity index (χ0) is 32.7. The molecule has 1 aliphatic rings. The fourth-order valence-corrected chi connectivity index (χ4v) is 6.29. The van der Waals surface area contributed by atoms with Crippen LogP contribution in [0.25, 0.3) is 33.5 Å². The quantitative estimate of drug-likeness (QED) is 0.243. The van der Waals surface area contributed by atoms with Crippen LogP contribution in [0.1, 0.15) is 11.1 Å². The Morgan fingerprint density at radius 2 is 1.64 bits per heavy atom. The Balaban J connectivity index is 1.29. The van der Waals surface area contributed by atoms with Crippen LogP contribution in [0.5, 0.6) is 17.2 Å². The van der Waals surface area contributed by atoms with E-state index < -0.39 is 0 Å². The first-order chi connectivity index (χ1) is 22.9. The van der Waals surface area contributed by atoms with Crippen molar-refractivity contribution >= 4 is 39.5 Å². The van der Waals surface area contributed by atoms with Gasteiger partial charge >= 0.3 is 0 Å². The third-order valence-corrected chi connectivity index (χ3v) is 8.78. The number of piperazine rings is 1. The molecule has 0 spiro atoms. The first kappa shape index (κ1) is 30.5. The van der Waals surface area contributed by atoms with Gasteiger partial charge in [-0.3, -0.25) is 14.1 Å². The molecule has 12 nitrogen and oxygen atoms in total. The summed E-state index contributed by atoms with van der Waals surface area (Å²) in [6.45, 7) is 9.40. The van der Waals surface area contributed by atoms with E-state index in [2.05, 4.69) is 27.1 Å². The van der Waals surface area contributed by atoms with E-state index in [0.29, 0.717) is 52.3 Å². The molecule has 0 unspecified atom stereocenters. The smallest absolute Gasteiger partial charge is 0.270 e. The maximum Gasteiger partial charge on any atom is 0.270 e. The molecule has 1 saturated heterocycles. The maximum absolute atomic E-state index is 14.2. The minimum absolute atomic E-state index is 0.242. The Morgan fingerprint density at radius 3 is 2.38 bits per heavy atom. The summed E-state index contributed by atoms with van der Waals surface area (Å²) in [6, 6.07) is 17.4. The molecule has 4 heterocycles. The number of para-hydroxylation sites is 3. The molecule has 0 bridgehead atoms. The van der Waals surface area contributed by atoms with Crippen molar-refractivity contribution in [2.75, 3.05) is 65.9 Å². The van der Waals surface area contributed by atoms with Crippen molar-refractivity contribution in [3.63, 3.8) is 0 Å². The summed E-state index contributed by atoms with van der Waals surface area (Å²) in [4.78, 5) is 33.3. The lowest BCUT2D eigenvalue weighted by Crippen LogP contribution is -2.45. The number of aromatic nitrogens is 5. The molecule has 47 heavy (non-hydrogen) atoms. The second kappa shape index (κ2) is 12.5. The molecular weight excluding hydrogens is 596 g/mol. The van der Waals surface area contributed by atoms with Crippen LogP contribution >= 0.6 is 0 Å². The van der Waals surface area contributed by atoms with Crippen molar-refractivity contribution in [1.29, 1.82) is 0 Å². The van der Waals surface area contributed by atoms with Gasteiger partial charge in [-0.25, -0.2) is 14.5 Å². The second-order valence-electron chi connectivity index (χ2n) is 11.9. The number of rotatable bonds is 9. The summed E-state index contributed by atoms with van der Waals surface area (Å²) in [7, 11) is 5.33. The van der Waals surface area contributed by atoms with Crippen molar-refractivity contribution in [2.24, 2.45) is 0 Å². The highest BCUT2D eigenvalue weighted by Crippen LogP contribution is 2.41. The lowest BCUT2D eigenvalue weighted by molar-refractivity contribution is 0.132. The average Bonchev–Trinajstić information content (AvgIpc) is 3.46. The predicted octanol–water partition coefficient (Wildman–Crippen LogP) is 4.59. The number of nitrogens with zero attached hydrogens (tertiary/aromatic N) is 7. The molecule has 0 saturated carbocycles. The number of hydrogen-bond donors (Lipinski definition) is 1. The van der Waals surface area contributed by atoms with Gasteiger partial charge in [-0.05, 0) is 44.2 Å². The summed E-state index contributed by atoms with van der Waals surface area (Å²) in [5.41, 5.74) is 5.17. The number of benzene rings is 3. The maximum atomic E-state index is 14.2. The minimum atomic E-state index is -0.242. The zero-order valence-corrected chi connectivity index (χ0v) is 27.3. The second-order valence-corrected chi connectivity index (χ2v) is 11.9. The van der Waals surface area contributed by atoms with E-state index in [4.69, 9.17) is 24.2 Å². The van der Waals surface area contributed by atoms with E-state index in [-0.39, 0.29) is 5.56 Å². The van der Waals surface area contributed by atoms with Crippen LogP contribution in [0.4, 0.5) is 11.6 Å². The topological polar surface area (TPSA) is 111 Å². The van der Waals surface area contributed by atoms with Crippen LogP contribution in [0.3, 0.4) is 0 Å². The van der Waals surface area contributed by atoms with Gasteiger partial charge in [0, 0.05) is 56.7 Å². The largest absolute Gasteiger partial charge is 0.493 e. The highest BCUT2D eigenvalue weighted by atomic mass is 16.5. The highest BCUT2D eigenvalue weighted by molar-refractivity contribution is 5.88. The summed E-state index contributed by atoms with van der Waals surface area (Å²) < 4.78 is 21.2. The molecule has 0 aliphatic carbocycles. The summed E-state index contributed by atoms with van der Waals surface area (Å²) in [6.07, 6.45) is 1.57. The van der Waals surface area contributed by atoms with Crippen molar-refractivity contribution in [1.82, 2.24) is 33.7 Å². The molecule has 7 rings (SSSR count). The van der Waals surface area contributed by atoms with Crippen LogP contribution in [0, 0.1) is 13.8 Å². The third kappa shape index (κ3) is 5.59. The average molecular weight is 635 g/mol. The van der Waals surface area contributed by atoms with Crippen LogP contribution in [-0.2, 0) is 0 Å². The number of fused-ring (bicyclic) bond motifs is 5. The normalized spacial score (nSPS) is 14.2. The first-order valence-electron chi connectivity index (χ1n) is 15.7. The van der Waals surface area contributed by atoms with Crippen LogP contribution < -0.4 is 25.1 Å². The van der Waals surface area contributed by atoms with Gasteiger partial charge in [0.1, 0.15) is 12.0 Å². The number of aryl methyl sites for hydroxylation is 2. The number of anilines is 2. The third-order valence-electron chi connectivity index (χ3n) is 8.78. The molecule has 242 valence electrons. The van der Waals surface area contributed by atoms with E-state index in [1.54, 1.807) is 31.0 Å². The Kier molecular flexibility index (Phi) is 8.12. The molecule has 12 heteroatoms. The van der Waals surface area contributed by atoms with Gasteiger partial charge in [-0.1, -0.05) is 30.3 Å². The van der Waals surface area contributed by atoms with E-state index >= 15 is 0 Å². The Hall–Kier alpha value is -5.20. The Labute approximate surface area is 272 Å². The molecule has 0 radical (unpaired) electrons.